The molecule has 0 fully saturated rings. The third kappa shape index (κ3) is 4.77. The van der Waals surface area contributed by atoms with Crippen LogP contribution in [-0.2, 0) is 0 Å². The predicted octanol–water partition coefficient (Wildman–Crippen LogP) is 3.07. The monoisotopic (exact) mass is 153 g/mol. The molecule has 0 aliphatic rings. The lowest BCUT2D eigenvalue weighted by Crippen LogP contribution is -2.16. The van der Waals surface area contributed by atoms with Crippen molar-refractivity contribution < 1.29 is 0 Å². The molecule has 1 heteroatoms. The summed E-state index contributed by atoms with van der Waals surface area (Å²) in [5.41, 5.74) is 1.44. The van der Waals surface area contributed by atoms with Crippen LogP contribution in [0.5, 0.6) is 0 Å². The van der Waals surface area contributed by atoms with E-state index in [2.05, 4.69) is 38.8 Å². The number of hydrogen-bond acceptors (Lipinski definition) is 1. The van der Waals surface area contributed by atoms with Crippen LogP contribution in [-0.4, -0.2) is 12.3 Å². The summed E-state index contributed by atoms with van der Waals surface area (Å²) in [7, 11) is 0. The molecule has 1 nitrogen and oxygen atoms in total. The van der Waals surface area contributed by atoms with Crippen LogP contribution in [0, 0.1) is 5.41 Å². The fourth-order valence-electron chi connectivity index (χ4n) is 0.532. The molecule has 0 heterocycles. The first kappa shape index (κ1) is 10.4. The maximum atomic E-state index is 4.42. The molecule has 0 amide bonds. The van der Waals surface area contributed by atoms with Gasteiger partial charge in [-0.1, -0.05) is 32.9 Å². The predicted molar refractivity (Wildman–Crippen MR) is 52.2 cm³/mol. The molecular formula is C10H19N. The molecule has 0 saturated carbocycles. The first-order chi connectivity index (χ1) is 4.98. The van der Waals surface area contributed by atoms with Crippen molar-refractivity contribution in [3.05, 3.63) is 12.2 Å². The van der Waals surface area contributed by atoms with Crippen molar-refractivity contribution in [1.82, 2.24) is 0 Å². The van der Waals surface area contributed by atoms with Gasteiger partial charge in [0.15, 0.2) is 0 Å². The molecule has 0 atom stereocenters. The molecule has 0 unspecified atom stereocenters. The molecule has 0 rings (SSSR count). The SMILES string of the molecule is C/C=C/CN=C(C)C(C)(C)C. The van der Waals surface area contributed by atoms with Gasteiger partial charge in [0.25, 0.3) is 0 Å². The Balaban J connectivity index is 4.01. The lowest BCUT2D eigenvalue weighted by atomic mass is 9.91. The Labute approximate surface area is 70.2 Å². The Morgan fingerprint density at radius 3 is 2.27 bits per heavy atom. The number of nitrogens with zero attached hydrogens (tertiary/aromatic N) is 1. The first-order valence-electron chi connectivity index (χ1n) is 4.11. The Morgan fingerprint density at radius 2 is 1.91 bits per heavy atom. The molecule has 0 aliphatic heterocycles. The minimum absolute atomic E-state index is 0.224. The van der Waals surface area contributed by atoms with E-state index in [-0.39, 0.29) is 5.41 Å². The summed E-state index contributed by atoms with van der Waals surface area (Å²) in [4.78, 5) is 4.42. The van der Waals surface area contributed by atoms with Crippen LogP contribution in [0.3, 0.4) is 0 Å². The maximum Gasteiger partial charge on any atom is 0.0569 e. The highest BCUT2D eigenvalue weighted by Crippen LogP contribution is 2.15. The second-order valence-corrected chi connectivity index (χ2v) is 3.75. The zero-order valence-corrected chi connectivity index (χ0v) is 8.31. The summed E-state index contributed by atoms with van der Waals surface area (Å²) in [5, 5.41) is 0. The second kappa shape index (κ2) is 4.32. The van der Waals surface area contributed by atoms with E-state index in [9.17, 15) is 0 Å². The van der Waals surface area contributed by atoms with Gasteiger partial charge in [-0.25, -0.2) is 0 Å². The van der Waals surface area contributed by atoms with E-state index in [0.29, 0.717) is 0 Å². The van der Waals surface area contributed by atoms with E-state index in [1.807, 2.05) is 13.0 Å². The zero-order chi connectivity index (χ0) is 8.91. The molecule has 0 N–H and O–H groups in total. The fourth-order valence-corrected chi connectivity index (χ4v) is 0.532. The van der Waals surface area contributed by atoms with Gasteiger partial charge in [-0.3, -0.25) is 4.99 Å². The van der Waals surface area contributed by atoms with E-state index in [0.717, 1.165) is 6.54 Å². The van der Waals surface area contributed by atoms with Crippen LogP contribution >= 0.6 is 0 Å². The summed E-state index contributed by atoms with van der Waals surface area (Å²) in [6.07, 6.45) is 4.09. The molecule has 0 bridgehead atoms. The van der Waals surface area contributed by atoms with Gasteiger partial charge in [-0.2, -0.15) is 0 Å². The van der Waals surface area contributed by atoms with E-state index in [4.69, 9.17) is 0 Å². The van der Waals surface area contributed by atoms with Crippen molar-refractivity contribution in [2.45, 2.75) is 34.6 Å². The van der Waals surface area contributed by atoms with Crippen molar-refractivity contribution in [2.75, 3.05) is 6.54 Å². The fraction of sp³-hybridized carbons (Fsp3) is 0.700. The second-order valence-electron chi connectivity index (χ2n) is 3.75. The molecule has 0 aromatic heterocycles. The lowest BCUT2D eigenvalue weighted by Gasteiger charge is -2.17. The molecule has 0 aliphatic carbocycles. The summed E-state index contributed by atoms with van der Waals surface area (Å²) in [6.45, 7) is 11.5. The molecule has 0 aromatic carbocycles. The highest BCUT2D eigenvalue weighted by molar-refractivity contribution is 5.86. The minimum Gasteiger partial charge on any atom is -0.290 e. The Hall–Kier alpha value is -0.590. The van der Waals surface area contributed by atoms with Gasteiger partial charge in [0.1, 0.15) is 0 Å². The first-order valence-corrected chi connectivity index (χ1v) is 4.11. The van der Waals surface area contributed by atoms with Crippen LogP contribution in [0.25, 0.3) is 0 Å². The van der Waals surface area contributed by atoms with Crippen LogP contribution < -0.4 is 0 Å². The van der Waals surface area contributed by atoms with Crippen molar-refractivity contribution in [2.24, 2.45) is 10.4 Å². The Kier molecular flexibility index (Phi) is 4.09. The summed E-state index contributed by atoms with van der Waals surface area (Å²) in [6, 6.07) is 0. The molecule has 0 aromatic rings. The third-order valence-corrected chi connectivity index (χ3v) is 1.75. The van der Waals surface area contributed by atoms with Gasteiger partial charge in [0, 0.05) is 5.71 Å². The zero-order valence-electron chi connectivity index (χ0n) is 8.31. The van der Waals surface area contributed by atoms with Gasteiger partial charge in [-0.05, 0) is 19.3 Å². The maximum absolute atomic E-state index is 4.42. The molecule has 11 heavy (non-hydrogen) atoms. The Morgan fingerprint density at radius 1 is 1.36 bits per heavy atom. The van der Waals surface area contributed by atoms with E-state index in [1.54, 1.807) is 0 Å². The highest BCUT2D eigenvalue weighted by atomic mass is 14.7. The average molecular weight is 153 g/mol. The lowest BCUT2D eigenvalue weighted by molar-refractivity contribution is 0.586. The topological polar surface area (TPSA) is 12.4 Å². The van der Waals surface area contributed by atoms with Crippen LogP contribution in [0.2, 0.25) is 0 Å². The number of aliphatic imine (C=N–C) groups is 1. The van der Waals surface area contributed by atoms with Crippen LogP contribution in [0.15, 0.2) is 17.1 Å². The normalized spacial score (nSPS) is 14.5. The van der Waals surface area contributed by atoms with Gasteiger partial charge in [0.05, 0.1) is 6.54 Å². The van der Waals surface area contributed by atoms with Crippen molar-refractivity contribution in [3.8, 4) is 0 Å². The summed E-state index contributed by atoms with van der Waals surface area (Å²) < 4.78 is 0. The minimum atomic E-state index is 0.224. The van der Waals surface area contributed by atoms with Crippen LogP contribution in [0.1, 0.15) is 34.6 Å². The molecule has 64 valence electrons. The molecule has 0 radical (unpaired) electrons. The summed E-state index contributed by atoms with van der Waals surface area (Å²) >= 11 is 0. The standard InChI is InChI=1S/C10H19N/c1-6-7-8-11-9(2)10(3,4)5/h6-7H,8H2,1-5H3/b7-6+,11-9?. The van der Waals surface area contributed by atoms with E-state index in [1.165, 1.54) is 5.71 Å². The van der Waals surface area contributed by atoms with E-state index >= 15 is 0 Å². The van der Waals surface area contributed by atoms with Gasteiger partial charge >= 0.3 is 0 Å². The third-order valence-electron chi connectivity index (χ3n) is 1.75. The van der Waals surface area contributed by atoms with Crippen molar-refractivity contribution in [1.29, 1.82) is 0 Å². The van der Waals surface area contributed by atoms with Crippen molar-refractivity contribution >= 4 is 5.71 Å². The Bertz CT molecular complexity index is 158. The average Bonchev–Trinajstić information content (AvgIpc) is 1.86. The molecule has 0 spiro atoms. The number of allylic oxidation sites excluding steroid dienone is 1. The largest absolute Gasteiger partial charge is 0.290 e. The molecule has 0 saturated heterocycles. The quantitative estimate of drug-likeness (QED) is 0.427. The smallest absolute Gasteiger partial charge is 0.0569 e. The summed E-state index contributed by atoms with van der Waals surface area (Å²) in [5.74, 6) is 0. The van der Waals surface area contributed by atoms with Gasteiger partial charge in [-0.15, -0.1) is 0 Å². The highest BCUT2D eigenvalue weighted by Gasteiger charge is 2.12. The number of hydrogen-bond donors (Lipinski definition) is 0. The molecular weight excluding hydrogens is 134 g/mol. The van der Waals surface area contributed by atoms with Gasteiger partial charge in [0.2, 0.25) is 0 Å². The van der Waals surface area contributed by atoms with Gasteiger partial charge < -0.3 is 0 Å². The van der Waals surface area contributed by atoms with E-state index < -0.39 is 0 Å². The number of rotatable bonds is 2. The van der Waals surface area contributed by atoms with Crippen LogP contribution in [0.4, 0.5) is 0 Å². The van der Waals surface area contributed by atoms with Crippen molar-refractivity contribution in [3.63, 3.8) is 0 Å².